The molecule has 0 amide bonds. The van der Waals surface area contributed by atoms with Gasteiger partial charge in [-0.05, 0) is 44.1 Å². The maximum Gasteiger partial charge on any atom is 0.324 e. The molecule has 0 bridgehead atoms. The maximum atomic E-state index is 11.9. The SMILES string of the molecule is CCCC1(C(=O)O)CCCN1C1CCCCC1(C)C. The van der Waals surface area contributed by atoms with Crippen molar-refractivity contribution in [2.24, 2.45) is 5.41 Å². The number of carbonyl (C=O) groups is 1. The van der Waals surface area contributed by atoms with Gasteiger partial charge in [0.25, 0.3) is 0 Å². The van der Waals surface area contributed by atoms with E-state index in [1.807, 2.05) is 0 Å². The Morgan fingerprint density at radius 2 is 2.00 bits per heavy atom. The monoisotopic (exact) mass is 267 g/mol. The van der Waals surface area contributed by atoms with Crippen LogP contribution in [0, 0.1) is 5.41 Å². The Kier molecular flexibility index (Phi) is 4.24. The number of carboxylic acid groups (broad SMARTS) is 1. The molecule has 1 saturated heterocycles. The van der Waals surface area contributed by atoms with Crippen LogP contribution in [0.5, 0.6) is 0 Å². The predicted octanol–water partition coefficient (Wildman–Crippen LogP) is 3.67. The van der Waals surface area contributed by atoms with Crippen LogP contribution in [0.2, 0.25) is 0 Å². The van der Waals surface area contributed by atoms with Gasteiger partial charge in [-0.3, -0.25) is 9.69 Å². The lowest BCUT2D eigenvalue weighted by Crippen LogP contribution is -2.59. The number of aliphatic carboxylic acids is 1. The molecule has 0 aromatic rings. The number of hydrogen-bond donors (Lipinski definition) is 1. The van der Waals surface area contributed by atoms with E-state index in [0.717, 1.165) is 32.2 Å². The molecular formula is C16H29NO2. The highest BCUT2D eigenvalue weighted by atomic mass is 16.4. The van der Waals surface area contributed by atoms with Gasteiger partial charge in [-0.15, -0.1) is 0 Å². The zero-order valence-corrected chi connectivity index (χ0v) is 12.7. The minimum Gasteiger partial charge on any atom is -0.480 e. The molecule has 110 valence electrons. The maximum absolute atomic E-state index is 11.9. The average Bonchev–Trinajstić information content (AvgIpc) is 2.74. The van der Waals surface area contributed by atoms with E-state index in [4.69, 9.17) is 0 Å². The number of nitrogens with zero attached hydrogens (tertiary/aromatic N) is 1. The summed E-state index contributed by atoms with van der Waals surface area (Å²) in [6.07, 6.45) is 8.59. The first-order chi connectivity index (χ1) is 8.94. The molecule has 0 radical (unpaired) electrons. The van der Waals surface area contributed by atoms with Crippen LogP contribution in [0.1, 0.15) is 72.1 Å². The van der Waals surface area contributed by atoms with Crippen LogP contribution < -0.4 is 0 Å². The molecule has 1 saturated carbocycles. The minimum absolute atomic E-state index is 0.261. The van der Waals surface area contributed by atoms with Gasteiger partial charge in [0.1, 0.15) is 5.54 Å². The van der Waals surface area contributed by atoms with Crippen molar-refractivity contribution >= 4 is 5.97 Å². The molecular weight excluding hydrogens is 238 g/mol. The normalized spacial score (nSPS) is 35.4. The van der Waals surface area contributed by atoms with E-state index in [2.05, 4.69) is 25.7 Å². The van der Waals surface area contributed by atoms with Gasteiger partial charge in [0.05, 0.1) is 0 Å². The summed E-state index contributed by atoms with van der Waals surface area (Å²) < 4.78 is 0. The zero-order chi connectivity index (χ0) is 14.1. The van der Waals surface area contributed by atoms with Crippen molar-refractivity contribution in [1.29, 1.82) is 0 Å². The Morgan fingerprint density at radius 1 is 1.26 bits per heavy atom. The van der Waals surface area contributed by atoms with Crippen molar-refractivity contribution in [3.05, 3.63) is 0 Å². The molecule has 2 fully saturated rings. The highest BCUT2D eigenvalue weighted by molar-refractivity contribution is 5.79. The number of rotatable bonds is 4. The molecule has 1 aliphatic heterocycles. The lowest BCUT2D eigenvalue weighted by Gasteiger charge is -2.49. The molecule has 2 atom stereocenters. The summed E-state index contributed by atoms with van der Waals surface area (Å²) in [5.41, 5.74) is -0.314. The largest absolute Gasteiger partial charge is 0.480 e. The minimum atomic E-state index is -0.590. The molecule has 3 nitrogen and oxygen atoms in total. The van der Waals surface area contributed by atoms with Gasteiger partial charge in [-0.25, -0.2) is 0 Å². The summed E-state index contributed by atoms with van der Waals surface area (Å²) in [7, 11) is 0. The third-order valence-electron chi connectivity index (χ3n) is 5.43. The van der Waals surface area contributed by atoms with Crippen molar-refractivity contribution in [2.45, 2.75) is 83.7 Å². The topological polar surface area (TPSA) is 40.5 Å². The second-order valence-corrected chi connectivity index (χ2v) is 7.13. The quantitative estimate of drug-likeness (QED) is 0.844. The molecule has 2 unspecified atom stereocenters. The molecule has 0 aromatic carbocycles. The van der Waals surface area contributed by atoms with Crippen LogP contribution in [0.3, 0.4) is 0 Å². The molecule has 2 aliphatic rings. The van der Waals surface area contributed by atoms with Crippen LogP contribution in [0.25, 0.3) is 0 Å². The average molecular weight is 267 g/mol. The summed E-state index contributed by atoms with van der Waals surface area (Å²) in [6, 6.07) is 0.450. The van der Waals surface area contributed by atoms with Gasteiger partial charge < -0.3 is 5.11 Å². The zero-order valence-electron chi connectivity index (χ0n) is 12.7. The van der Waals surface area contributed by atoms with Crippen LogP contribution >= 0.6 is 0 Å². The third kappa shape index (κ3) is 2.54. The van der Waals surface area contributed by atoms with Gasteiger partial charge in [0, 0.05) is 6.04 Å². The summed E-state index contributed by atoms with van der Waals surface area (Å²) >= 11 is 0. The molecule has 1 heterocycles. The van der Waals surface area contributed by atoms with E-state index >= 15 is 0 Å². The predicted molar refractivity (Wildman–Crippen MR) is 77.3 cm³/mol. The van der Waals surface area contributed by atoms with Crippen LogP contribution in [0.15, 0.2) is 0 Å². The highest BCUT2D eigenvalue weighted by Gasteiger charge is 2.52. The highest BCUT2D eigenvalue weighted by Crippen LogP contribution is 2.45. The number of hydrogen-bond acceptors (Lipinski definition) is 2. The van der Waals surface area contributed by atoms with Crippen molar-refractivity contribution < 1.29 is 9.90 Å². The lowest BCUT2D eigenvalue weighted by atomic mass is 9.71. The lowest BCUT2D eigenvalue weighted by molar-refractivity contribution is -0.154. The molecule has 1 aliphatic carbocycles. The van der Waals surface area contributed by atoms with Crippen LogP contribution in [-0.4, -0.2) is 34.1 Å². The Balaban J connectivity index is 2.28. The fourth-order valence-corrected chi connectivity index (χ4v) is 4.43. The van der Waals surface area contributed by atoms with Gasteiger partial charge in [0.15, 0.2) is 0 Å². The smallest absolute Gasteiger partial charge is 0.324 e. The first-order valence-electron chi connectivity index (χ1n) is 7.94. The molecule has 2 rings (SSSR count). The van der Waals surface area contributed by atoms with Crippen molar-refractivity contribution in [3.63, 3.8) is 0 Å². The van der Waals surface area contributed by atoms with E-state index in [9.17, 15) is 9.90 Å². The Hall–Kier alpha value is -0.570. The fourth-order valence-electron chi connectivity index (χ4n) is 4.43. The molecule has 0 aromatic heterocycles. The second kappa shape index (κ2) is 5.43. The van der Waals surface area contributed by atoms with E-state index in [1.54, 1.807) is 0 Å². The first kappa shape index (κ1) is 14.8. The van der Waals surface area contributed by atoms with Gasteiger partial charge in [-0.2, -0.15) is 0 Å². The Bertz CT molecular complexity index is 340. The molecule has 3 heteroatoms. The summed E-state index contributed by atoms with van der Waals surface area (Å²) in [5, 5.41) is 9.82. The van der Waals surface area contributed by atoms with Crippen molar-refractivity contribution in [2.75, 3.05) is 6.54 Å². The second-order valence-electron chi connectivity index (χ2n) is 7.13. The van der Waals surface area contributed by atoms with Crippen molar-refractivity contribution in [3.8, 4) is 0 Å². The number of likely N-dealkylation sites (tertiary alicyclic amines) is 1. The summed E-state index contributed by atoms with van der Waals surface area (Å²) in [4.78, 5) is 14.3. The van der Waals surface area contributed by atoms with Gasteiger partial charge in [0.2, 0.25) is 0 Å². The summed E-state index contributed by atoms with van der Waals surface area (Å²) in [5.74, 6) is -0.590. The Labute approximate surface area is 117 Å². The van der Waals surface area contributed by atoms with Crippen LogP contribution in [-0.2, 0) is 4.79 Å². The standard InChI is InChI=1S/C16H29NO2/c1-4-9-16(14(18)19)11-7-12-17(16)13-8-5-6-10-15(13,2)3/h13H,4-12H2,1-3H3,(H,18,19). The van der Waals surface area contributed by atoms with Crippen molar-refractivity contribution in [1.82, 2.24) is 4.90 Å². The van der Waals surface area contributed by atoms with E-state index in [0.29, 0.717) is 6.04 Å². The van der Waals surface area contributed by atoms with E-state index in [-0.39, 0.29) is 5.41 Å². The van der Waals surface area contributed by atoms with Gasteiger partial charge in [-0.1, -0.05) is 40.0 Å². The molecule has 19 heavy (non-hydrogen) atoms. The third-order valence-corrected chi connectivity index (χ3v) is 5.43. The molecule has 0 spiro atoms. The Morgan fingerprint density at radius 3 is 2.58 bits per heavy atom. The van der Waals surface area contributed by atoms with E-state index in [1.165, 1.54) is 25.7 Å². The fraction of sp³-hybridized carbons (Fsp3) is 0.938. The van der Waals surface area contributed by atoms with E-state index < -0.39 is 11.5 Å². The van der Waals surface area contributed by atoms with Gasteiger partial charge >= 0.3 is 5.97 Å². The summed E-state index contributed by atoms with van der Waals surface area (Å²) in [6.45, 7) is 7.73. The first-order valence-corrected chi connectivity index (χ1v) is 7.94. The number of carboxylic acids is 1. The van der Waals surface area contributed by atoms with Crippen LogP contribution in [0.4, 0.5) is 0 Å². The molecule has 1 N–H and O–H groups in total.